The van der Waals surface area contributed by atoms with Gasteiger partial charge in [0, 0.05) is 6.07 Å². The molecule has 0 aromatic heterocycles. The Morgan fingerprint density at radius 1 is 1.57 bits per heavy atom. The minimum absolute atomic E-state index is 0.0965. The van der Waals surface area contributed by atoms with Crippen molar-refractivity contribution >= 4 is 5.69 Å². The average Bonchev–Trinajstić information content (AvgIpc) is 2.16. The second kappa shape index (κ2) is 4.06. The van der Waals surface area contributed by atoms with Gasteiger partial charge in [-0.2, -0.15) is 0 Å². The molecule has 1 atom stereocenters. The lowest BCUT2D eigenvalue weighted by molar-refractivity contribution is -0.386. The van der Waals surface area contributed by atoms with E-state index in [2.05, 4.69) is 0 Å². The molecule has 5 heteroatoms. The Kier molecular flexibility index (Phi) is 3.03. The molecule has 0 spiro atoms. The van der Waals surface area contributed by atoms with Crippen molar-refractivity contribution in [1.29, 1.82) is 0 Å². The Hall–Kier alpha value is -1.62. The fourth-order valence-corrected chi connectivity index (χ4v) is 1.16. The highest BCUT2D eigenvalue weighted by Crippen LogP contribution is 2.28. The van der Waals surface area contributed by atoms with E-state index >= 15 is 0 Å². The van der Waals surface area contributed by atoms with Crippen LogP contribution in [0.1, 0.15) is 18.6 Å². The molecule has 0 fully saturated rings. The maximum Gasteiger partial charge on any atom is 0.275 e. The highest BCUT2D eigenvalue weighted by Gasteiger charge is 2.17. The predicted molar refractivity (Wildman–Crippen MR) is 50.3 cm³/mol. The SMILES string of the molecule is COc1ccc([N+](=O)[O-])c([C@@H](C)O)c1. The molecule has 0 saturated carbocycles. The third-order valence-electron chi connectivity index (χ3n) is 1.88. The van der Waals surface area contributed by atoms with Gasteiger partial charge in [-0.05, 0) is 19.1 Å². The molecule has 0 aliphatic carbocycles. The van der Waals surface area contributed by atoms with Gasteiger partial charge in [-0.15, -0.1) is 0 Å². The quantitative estimate of drug-likeness (QED) is 0.590. The largest absolute Gasteiger partial charge is 0.497 e. The van der Waals surface area contributed by atoms with Crippen LogP contribution in [-0.2, 0) is 0 Å². The van der Waals surface area contributed by atoms with Crippen LogP contribution in [0.2, 0.25) is 0 Å². The Morgan fingerprint density at radius 3 is 2.64 bits per heavy atom. The van der Waals surface area contributed by atoms with Gasteiger partial charge in [0.25, 0.3) is 5.69 Å². The summed E-state index contributed by atoms with van der Waals surface area (Å²) in [4.78, 5) is 10.1. The monoisotopic (exact) mass is 197 g/mol. The molecule has 1 aromatic carbocycles. The van der Waals surface area contributed by atoms with Crippen molar-refractivity contribution in [2.24, 2.45) is 0 Å². The smallest absolute Gasteiger partial charge is 0.275 e. The molecule has 76 valence electrons. The molecule has 0 aliphatic rings. The zero-order valence-corrected chi connectivity index (χ0v) is 7.93. The molecule has 0 saturated heterocycles. The number of nitro benzene ring substituents is 1. The van der Waals surface area contributed by atoms with Gasteiger partial charge < -0.3 is 9.84 Å². The molecule has 0 amide bonds. The molecule has 1 N–H and O–H groups in total. The van der Waals surface area contributed by atoms with E-state index in [9.17, 15) is 15.2 Å². The van der Waals surface area contributed by atoms with Crippen LogP contribution in [0.3, 0.4) is 0 Å². The van der Waals surface area contributed by atoms with E-state index in [0.29, 0.717) is 5.75 Å². The Bertz CT molecular complexity index is 349. The van der Waals surface area contributed by atoms with Gasteiger partial charge in [-0.1, -0.05) is 0 Å². The molecule has 14 heavy (non-hydrogen) atoms. The van der Waals surface area contributed by atoms with Crippen molar-refractivity contribution in [2.45, 2.75) is 13.0 Å². The summed E-state index contributed by atoms with van der Waals surface area (Å²) in [7, 11) is 1.47. The van der Waals surface area contributed by atoms with Gasteiger partial charge in [0.2, 0.25) is 0 Å². The maximum absolute atomic E-state index is 10.6. The molecule has 0 aliphatic heterocycles. The number of hydrogen-bond acceptors (Lipinski definition) is 4. The summed E-state index contributed by atoms with van der Waals surface area (Å²) in [6.45, 7) is 1.47. The van der Waals surface area contributed by atoms with Crippen molar-refractivity contribution in [3.63, 3.8) is 0 Å². The van der Waals surface area contributed by atoms with Crippen LogP contribution in [0, 0.1) is 10.1 Å². The molecule has 0 unspecified atom stereocenters. The second-order valence-corrected chi connectivity index (χ2v) is 2.86. The Labute approximate surface area is 81.1 Å². The van der Waals surface area contributed by atoms with E-state index < -0.39 is 11.0 Å². The van der Waals surface area contributed by atoms with Crippen LogP contribution in [0.25, 0.3) is 0 Å². The van der Waals surface area contributed by atoms with Gasteiger partial charge in [0.05, 0.1) is 23.7 Å². The normalized spacial score (nSPS) is 12.2. The first-order chi connectivity index (χ1) is 6.56. The average molecular weight is 197 g/mol. The number of hydrogen-bond donors (Lipinski definition) is 1. The van der Waals surface area contributed by atoms with Gasteiger partial charge in [-0.3, -0.25) is 10.1 Å². The molecule has 1 rings (SSSR count). The summed E-state index contributed by atoms with van der Waals surface area (Å²) >= 11 is 0. The Balaban J connectivity index is 3.24. The van der Waals surface area contributed by atoms with Crippen molar-refractivity contribution in [1.82, 2.24) is 0 Å². The number of nitro groups is 1. The minimum atomic E-state index is -0.884. The summed E-state index contributed by atoms with van der Waals surface area (Å²) in [5.41, 5.74) is 0.162. The first-order valence-electron chi connectivity index (χ1n) is 4.06. The van der Waals surface area contributed by atoms with Gasteiger partial charge in [-0.25, -0.2) is 0 Å². The van der Waals surface area contributed by atoms with E-state index in [4.69, 9.17) is 4.74 Å². The maximum atomic E-state index is 10.6. The molecule has 0 bridgehead atoms. The van der Waals surface area contributed by atoms with E-state index in [1.54, 1.807) is 0 Å². The summed E-state index contributed by atoms with van der Waals surface area (Å²) in [6, 6.07) is 4.27. The molecule has 0 radical (unpaired) electrons. The summed E-state index contributed by atoms with van der Waals surface area (Å²) in [5, 5.41) is 19.9. The number of methoxy groups -OCH3 is 1. The van der Waals surface area contributed by atoms with E-state index in [1.165, 1.54) is 32.2 Å². The number of benzene rings is 1. The fraction of sp³-hybridized carbons (Fsp3) is 0.333. The zero-order valence-electron chi connectivity index (χ0n) is 7.93. The summed E-state index contributed by atoms with van der Waals surface area (Å²) < 4.78 is 4.91. The Morgan fingerprint density at radius 2 is 2.21 bits per heavy atom. The lowest BCUT2D eigenvalue weighted by atomic mass is 10.1. The van der Waals surface area contributed by atoms with Gasteiger partial charge in [0.15, 0.2) is 0 Å². The highest BCUT2D eigenvalue weighted by molar-refractivity contribution is 5.46. The predicted octanol–water partition coefficient (Wildman–Crippen LogP) is 1.66. The van der Waals surface area contributed by atoms with E-state index in [0.717, 1.165) is 0 Å². The fourth-order valence-electron chi connectivity index (χ4n) is 1.16. The number of nitrogens with zero attached hydrogens (tertiary/aromatic N) is 1. The molecule has 0 heterocycles. The molecule has 1 aromatic rings. The first-order valence-corrected chi connectivity index (χ1v) is 4.06. The number of aliphatic hydroxyl groups is 1. The van der Waals surface area contributed by atoms with Crippen LogP contribution in [0.4, 0.5) is 5.69 Å². The van der Waals surface area contributed by atoms with Crippen molar-refractivity contribution in [2.75, 3.05) is 7.11 Å². The summed E-state index contributed by atoms with van der Waals surface area (Å²) in [6.07, 6.45) is -0.884. The van der Waals surface area contributed by atoms with Crippen LogP contribution in [0.15, 0.2) is 18.2 Å². The molecular weight excluding hydrogens is 186 g/mol. The van der Waals surface area contributed by atoms with E-state index in [-0.39, 0.29) is 11.3 Å². The first kappa shape index (κ1) is 10.5. The number of rotatable bonds is 3. The number of aliphatic hydroxyl groups excluding tert-OH is 1. The molecular formula is C9H11NO4. The second-order valence-electron chi connectivity index (χ2n) is 2.86. The zero-order chi connectivity index (χ0) is 10.7. The van der Waals surface area contributed by atoms with Crippen LogP contribution < -0.4 is 4.74 Å². The standard InChI is InChI=1S/C9H11NO4/c1-6(11)8-5-7(14-2)3-4-9(8)10(12)13/h3-6,11H,1-2H3/t6-/m1/s1. The van der Waals surface area contributed by atoms with Crippen LogP contribution in [-0.4, -0.2) is 17.1 Å². The molecule has 5 nitrogen and oxygen atoms in total. The van der Waals surface area contributed by atoms with Crippen molar-refractivity contribution in [3.05, 3.63) is 33.9 Å². The lowest BCUT2D eigenvalue weighted by Crippen LogP contribution is -1.99. The van der Waals surface area contributed by atoms with Crippen LogP contribution >= 0.6 is 0 Å². The lowest BCUT2D eigenvalue weighted by Gasteiger charge is -2.07. The van der Waals surface area contributed by atoms with Crippen LogP contribution in [0.5, 0.6) is 5.75 Å². The van der Waals surface area contributed by atoms with Crippen molar-refractivity contribution in [3.8, 4) is 5.75 Å². The topological polar surface area (TPSA) is 72.6 Å². The summed E-state index contributed by atoms with van der Waals surface area (Å²) in [5.74, 6) is 0.492. The van der Waals surface area contributed by atoms with Gasteiger partial charge in [0.1, 0.15) is 5.75 Å². The van der Waals surface area contributed by atoms with Crippen molar-refractivity contribution < 1.29 is 14.8 Å². The number of ether oxygens (including phenoxy) is 1. The highest BCUT2D eigenvalue weighted by atomic mass is 16.6. The van der Waals surface area contributed by atoms with E-state index in [1.807, 2.05) is 0 Å². The minimum Gasteiger partial charge on any atom is -0.497 e. The third kappa shape index (κ3) is 2.00. The third-order valence-corrected chi connectivity index (χ3v) is 1.88. The van der Waals surface area contributed by atoms with Gasteiger partial charge >= 0.3 is 0 Å².